The molecule has 0 amide bonds. The Morgan fingerprint density at radius 1 is 1.57 bits per heavy atom. The molecule has 5 heteroatoms. The molecule has 1 rings (SSSR count). The van der Waals surface area contributed by atoms with Gasteiger partial charge in [0.25, 0.3) is 0 Å². The number of aliphatic hydroxyl groups excluding tert-OH is 1. The lowest BCUT2D eigenvalue weighted by Gasteiger charge is -2.07. The van der Waals surface area contributed by atoms with Gasteiger partial charge in [-0.05, 0) is 19.8 Å². The fourth-order valence-corrected chi connectivity index (χ4v) is 3.22. The van der Waals surface area contributed by atoms with Crippen molar-refractivity contribution in [2.75, 3.05) is 18.5 Å². The van der Waals surface area contributed by atoms with Crippen molar-refractivity contribution in [2.24, 2.45) is 4.99 Å². The van der Waals surface area contributed by atoms with Crippen LogP contribution in [0.2, 0.25) is 0 Å². The topological polar surface area (TPSA) is 44.6 Å². The van der Waals surface area contributed by atoms with Crippen LogP contribution in [0.3, 0.4) is 0 Å². The fraction of sp³-hybridized carbons (Fsp3) is 0.889. The van der Waals surface area contributed by atoms with Crippen LogP contribution in [0.4, 0.5) is 0 Å². The third kappa shape index (κ3) is 3.79. The third-order valence-electron chi connectivity index (χ3n) is 2.15. The molecule has 1 saturated heterocycles. The number of nitrogens with zero attached hydrogens (tertiary/aromatic N) is 1. The molecule has 1 aliphatic heterocycles. The molecule has 0 aromatic carbocycles. The third-order valence-corrected chi connectivity index (χ3v) is 4.62. The van der Waals surface area contributed by atoms with Gasteiger partial charge in [-0.1, -0.05) is 27.7 Å². The maximum Gasteiger partial charge on any atom is 0.157 e. The number of unbranched alkanes of at least 4 members (excludes halogenated alkanes) is 1. The lowest BCUT2D eigenvalue weighted by Crippen LogP contribution is -2.28. The number of nitrogens with one attached hydrogen (secondary N) is 1. The minimum absolute atomic E-state index is 0.270. The van der Waals surface area contributed by atoms with Crippen LogP contribution >= 0.6 is 27.7 Å². The number of hydrogen-bond acceptors (Lipinski definition) is 3. The molecule has 82 valence electrons. The smallest absolute Gasteiger partial charge is 0.157 e. The van der Waals surface area contributed by atoms with E-state index in [1.165, 1.54) is 0 Å². The average molecular weight is 281 g/mol. The van der Waals surface area contributed by atoms with E-state index in [0.717, 1.165) is 29.9 Å². The van der Waals surface area contributed by atoms with E-state index in [1.54, 1.807) is 11.8 Å². The summed E-state index contributed by atoms with van der Waals surface area (Å²) in [6.45, 7) is 3.26. The van der Waals surface area contributed by atoms with Crippen molar-refractivity contribution < 1.29 is 5.11 Å². The molecule has 0 aliphatic carbocycles. The van der Waals surface area contributed by atoms with Crippen LogP contribution in [-0.4, -0.2) is 40.0 Å². The van der Waals surface area contributed by atoms with Crippen LogP contribution in [-0.2, 0) is 0 Å². The Kier molecular flexibility index (Phi) is 5.89. The molecule has 14 heavy (non-hydrogen) atoms. The molecule has 0 bridgehead atoms. The first kappa shape index (κ1) is 12.3. The lowest BCUT2D eigenvalue weighted by atomic mass is 10.3. The van der Waals surface area contributed by atoms with Crippen molar-refractivity contribution >= 4 is 32.9 Å². The molecule has 0 aromatic heterocycles. The SMILES string of the molecule is CC1NC(=NCCCCO)SC1CBr. The highest BCUT2D eigenvalue weighted by molar-refractivity contribution is 9.09. The normalized spacial score (nSPS) is 29.5. The molecular weight excluding hydrogens is 264 g/mol. The Bertz CT molecular complexity index is 201. The van der Waals surface area contributed by atoms with E-state index in [-0.39, 0.29) is 6.61 Å². The van der Waals surface area contributed by atoms with Gasteiger partial charge in [-0.25, -0.2) is 0 Å². The van der Waals surface area contributed by atoms with E-state index in [1.807, 2.05) is 0 Å². The predicted octanol–water partition coefficient (Wildman–Crippen LogP) is 1.60. The number of alkyl halides is 1. The molecule has 0 saturated carbocycles. The van der Waals surface area contributed by atoms with Gasteiger partial charge in [0.1, 0.15) is 0 Å². The minimum Gasteiger partial charge on any atom is -0.396 e. The summed E-state index contributed by atoms with van der Waals surface area (Å²) in [4.78, 5) is 4.45. The summed E-state index contributed by atoms with van der Waals surface area (Å²) in [5.74, 6) is 0. The molecule has 2 N–H and O–H groups in total. The Morgan fingerprint density at radius 2 is 2.36 bits per heavy atom. The monoisotopic (exact) mass is 280 g/mol. The standard InChI is InChI=1S/C9H17BrN2OS/c1-7-8(6-10)14-9(12-7)11-4-2-3-5-13/h7-8,13H,2-6H2,1H3,(H,11,12). The van der Waals surface area contributed by atoms with Crippen LogP contribution < -0.4 is 5.32 Å². The second-order valence-corrected chi connectivity index (χ2v) is 5.24. The molecule has 1 fully saturated rings. The van der Waals surface area contributed by atoms with Crippen molar-refractivity contribution in [1.82, 2.24) is 5.32 Å². The minimum atomic E-state index is 0.270. The van der Waals surface area contributed by atoms with E-state index in [9.17, 15) is 0 Å². The summed E-state index contributed by atoms with van der Waals surface area (Å²) in [6.07, 6.45) is 1.81. The van der Waals surface area contributed by atoms with Gasteiger partial charge in [0.05, 0.1) is 0 Å². The number of aliphatic imine (C=N–C) groups is 1. The number of amidine groups is 1. The molecule has 2 unspecified atom stereocenters. The maximum absolute atomic E-state index is 8.60. The van der Waals surface area contributed by atoms with Gasteiger partial charge in [-0.15, -0.1) is 0 Å². The summed E-state index contributed by atoms with van der Waals surface area (Å²) in [5, 5.41) is 14.6. The highest BCUT2D eigenvalue weighted by Gasteiger charge is 2.26. The van der Waals surface area contributed by atoms with E-state index in [4.69, 9.17) is 5.11 Å². The Balaban J connectivity index is 2.26. The molecule has 2 atom stereocenters. The predicted molar refractivity (Wildman–Crippen MR) is 66.4 cm³/mol. The van der Waals surface area contributed by atoms with Crippen LogP contribution in [0.5, 0.6) is 0 Å². The molecule has 1 heterocycles. The summed E-state index contributed by atoms with van der Waals surface area (Å²) < 4.78 is 0. The molecule has 0 spiro atoms. The van der Waals surface area contributed by atoms with Crippen LogP contribution in [0.1, 0.15) is 19.8 Å². The van der Waals surface area contributed by atoms with E-state index < -0.39 is 0 Å². The van der Waals surface area contributed by atoms with Gasteiger partial charge in [-0.2, -0.15) is 0 Å². The average Bonchev–Trinajstić information content (AvgIpc) is 2.54. The number of hydrogen-bond donors (Lipinski definition) is 2. The Morgan fingerprint density at radius 3 is 2.93 bits per heavy atom. The maximum atomic E-state index is 8.60. The zero-order chi connectivity index (χ0) is 10.4. The molecule has 3 nitrogen and oxygen atoms in total. The zero-order valence-corrected chi connectivity index (χ0v) is 10.8. The van der Waals surface area contributed by atoms with Crippen molar-refractivity contribution in [3.8, 4) is 0 Å². The van der Waals surface area contributed by atoms with Crippen molar-refractivity contribution in [1.29, 1.82) is 0 Å². The van der Waals surface area contributed by atoms with Crippen LogP contribution in [0.25, 0.3) is 0 Å². The van der Waals surface area contributed by atoms with Crippen molar-refractivity contribution in [3.63, 3.8) is 0 Å². The molecule has 0 radical (unpaired) electrons. The number of halogens is 1. The van der Waals surface area contributed by atoms with Crippen molar-refractivity contribution in [3.05, 3.63) is 0 Å². The largest absolute Gasteiger partial charge is 0.396 e. The molecular formula is C9H17BrN2OS. The summed E-state index contributed by atoms with van der Waals surface area (Å²) in [7, 11) is 0. The fourth-order valence-electron chi connectivity index (χ4n) is 1.22. The number of thioether (sulfide) groups is 1. The number of aliphatic hydroxyl groups is 1. The van der Waals surface area contributed by atoms with Crippen LogP contribution in [0, 0.1) is 0 Å². The van der Waals surface area contributed by atoms with E-state index in [0.29, 0.717) is 11.3 Å². The van der Waals surface area contributed by atoms with Gasteiger partial charge in [0.15, 0.2) is 5.17 Å². The van der Waals surface area contributed by atoms with Gasteiger partial charge in [0, 0.05) is 29.8 Å². The van der Waals surface area contributed by atoms with Gasteiger partial charge >= 0.3 is 0 Å². The van der Waals surface area contributed by atoms with Crippen molar-refractivity contribution in [2.45, 2.75) is 31.1 Å². The van der Waals surface area contributed by atoms with Gasteiger partial charge < -0.3 is 10.4 Å². The Labute approximate surface area is 97.9 Å². The zero-order valence-electron chi connectivity index (χ0n) is 8.37. The Hall–Kier alpha value is 0.260. The summed E-state index contributed by atoms with van der Waals surface area (Å²) >= 11 is 5.29. The second-order valence-electron chi connectivity index (χ2n) is 3.36. The van der Waals surface area contributed by atoms with Gasteiger partial charge in [0.2, 0.25) is 0 Å². The highest BCUT2D eigenvalue weighted by Crippen LogP contribution is 2.24. The summed E-state index contributed by atoms with van der Waals surface area (Å²) in [6, 6.07) is 0.496. The molecule has 0 aromatic rings. The second kappa shape index (κ2) is 6.69. The van der Waals surface area contributed by atoms with Crippen LogP contribution in [0.15, 0.2) is 4.99 Å². The summed E-state index contributed by atoms with van der Waals surface area (Å²) in [5.41, 5.74) is 0. The highest BCUT2D eigenvalue weighted by atomic mass is 79.9. The van der Waals surface area contributed by atoms with Gasteiger partial charge in [-0.3, -0.25) is 4.99 Å². The number of rotatable bonds is 5. The molecule has 1 aliphatic rings. The van der Waals surface area contributed by atoms with E-state index in [2.05, 4.69) is 33.2 Å². The van der Waals surface area contributed by atoms with E-state index >= 15 is 0 Å². The first-order chi connectivity index (χ1) is 6.77. The first-order valence-electron chi connectivity index (χ1n) is 4.92. The lowest BCUT2D eigenvalue weighted by molar-refractivity contribution is 0.285. The quantitative estimate of drug-likeness (QED) is 0.594. The first-order valence-corrected chi connectivity index (χ1v) is 6.92.